The molecule has 4 rings (SSSR count). The van der Waals surface area contributed by atoms with Gasteiger partial charge in [0.15, 0.2) is 0 Å². The van der Waals surface area contributed by atoms with Crippen molar-refractivity contribution < 1.29 is 18.8 Å². The van der Waals surface area contributed by atoms with Crippen molar-refractivity contribution in [2.45, 2.75) is 56.9 Å². The number of carbonyl (C=O) groups excluding carboxylic acids is 3. The van der Waals surface area contributed by atoms with Crippen LogP contribution in [-0.2, 0) is 22.7 Å². The lowest BCUT2D eigenvalue weighted by Crippen LogP contribution is -2.52. The Bertz CT molecular complexity index is 820. The summed E-state index contributed by atoms with van der Waals surface area (Å²) in [6, 6.07) is 5.06. The summed E-state index contributed by atoms with van der Waals surface area (Å²) in [4.78, 5) is 37.9. The SMILES string of the molecule is O=C1CCC(N2Cc3ccc(CNCC4(F)CCCNCC4)cc3C2=O)C(=O)N1. The van der Waals surface area contributed by atoms with Gasteiger partial charge in [-0.1, -0.05) is 12.1 Å². The van der Waals surface area contributed by atoms with E-state index < -0.39 is 17.6 Å². The fourth-order valence-electron chi connectivity index (χ4n) is 4.41. The molecule has 1 aromatic rings. The standard InChI is InChI=1S/C21H27FN4O3/c22-21(6-1-8-23-9-7-21)13-24-11-14-2-3-15-12-26(20(29)16(15)10-14)17-4-5-18(27)25-19(17)28/h2-3,10,17,23-24H,1,4-9,11-13H2,(H,25,27,28). The molecule has 2 saturated heterocycles. The molecule has 156 valence electrons. The molecule has 0 spiro atoms. The highest BCUT2D eigenvalue weighted by Gasteiger charge is 2.39. The van der Waals surface area contributed by atoms with Crippen LogP contribution in [-0.4, -0.2) is 54.0 Å². The van der Waals surface area contributed by atoms with Gasteiger partial charge >= 0.3 is 0 Å². The average molecular weight is 402 g/mol. The Balaban J connectivity index is 1.38. The van der Waals surface area contributed by atoms with Gasteiger partial charge in [-0.15, -0.1) is 0 Å². The number of carbonyl (C=O) groups is 3. The fourth-order valence-corrected chi connectivity index (χ4v) is 4.41. The number of benzene rings is 1. The minimum atomic E-state index is -1.20. The number of piperidine rings is 1. The molecule has 2 unspecified atom stereocenters. The van der Waals surface area contributed by atoms with Crippen molar-refractivity contribution in [1.82, 2.24) is 20.9 Å². The molecule has 3 aliphatic heterocycles. The Labute approximate surface area is 169 Å². The van der Waals surface area contributed by atoms with E-state index in [2.05, 4.69) is 16.0 Å². The van der Waals surface area contributed by atoms with Crippen molar-refractivity contribution in [3.63, 3.8) is 0 Å². The third-order valence-corrected chi connectivity index (χ3v) is 6.09. The lowest BCUT2D eigenvalue weighted by molar-refractivity contribution is -0.136. The summed E-state index contributed by atoms with van der Waals surface area (Å²) < 4.78 is 14.9. The minimum Gasteiger partial charge on any atom is -0.322 e. The molecular weight excluding hydrogens is 375 g/mol. The summed E-state index contributed by atoms with van der Waals surface area (Å²) in [6.45, 7) is 2.71. The molecule has 2 fully saturated rings. The summed E-state index contributed by atoms with van der Waals surface area (Å²) >= 11 is 0. The van der Waals surface area contributed by atoms with E-state index in [1.54, 1.807) is 4.90 Å². The third-order valence-electron chi connectivity index (χ3n) is 6.09. The Morgan fingerprint density at radius 2 is 2.07 bits per heavy atom. The molecule has 3 N–H and O–H groups in total. The van der Waals surface area contributed by atoms with E-state index in [-0.39, 0.29) is 18.2 Å². The number of nitrogens with zero attached hydrogens (tertiary/aromatic N) is 1. The van der Waals surface area contributed by atoms with Gasteiger partial charge in [0.1, 0.15) is 11.7 Å². The van der Waals surface area contributed by atoms with Gasteiger partial charge in [0.25, 0.3) is 5.91 Å². The monoisotopic (exact) mass is 402 g/mol. The molecule has 1 aromatic carbocycles. The van der Waals surface area contributed by atoms with Crippen molar-refractivity contribution in [2.24, 2.45) is 0 Å². The number of amides is 3. The Kier molecular flexibility index (Phi) is 5.65. The lowest BCUT2D eigenvalue weighted by Gasteiger charge is -2.29. The largest absolute Gasteiger partial charge is 0.322 e. The van der Waals surface area contributed by atoms with E-state index in [0.717, 1.165) is 24.1 Å². The molecule has 7 nitrogen and oxygen atoms in total. The number of halogens is 1. The molecule has 0 bridgehead atoms. The van der Waals surface area contributed by atoms with Crippen LogP contribution < -0.4 is 16.0 Å². The van der Waals surface area contributed by atoms with E-state index in [4.69, 9.17) is 0 Å². The van der Waals surface area contributed by atoms with Crippen LogP contribution in [0.15, 0.2) is 18.2 Å². The van der Waals surface area contributed by atoms with Gasteiger partial charge in [0.2, 0.25) is 11.8 Å². The van der Waals surface area contributed by atoms with Crippen molar-refractivity contribution in [2.75, 3.05) is 19.6 Å². The maximum Gasteiger partial charge on any atom is 0.255 e. The first-order valence-electron chi connectivity index (χ1n) is 10.3. The number of rotatable bonds is 5. The first-order valence-corrected chi connectivity index (χ1v) is 10.3. The van der Waals surface area contributed by atoms with Crippen LogP contribution in [0.2, 0.25) is 0 Å². The second-order valence-corrected chi connectivity index (χ2v) is 8.25. The molecule has 0 radical (unpaired) electrons. The van der Waals surface area contributed by atoms with Crippen LogP contribution in [0.1, 0.15) is 53.6 Å². The van der Waals surface area contributed by atoms with Gasteiger partial charge < -0.3 is 15.5 Å². The molecular formula is C21H27FN4O3. The maximum atomic E-state index is 14.9. The van der Waals surface area contributed by atoms with Crippen LogP contribution in [0.25, 0.3) is 0 Å². The summed E-state index contributed by atoms with van der Waals surface area (Å²) in [5.74, 6) is -0.887. The van der Waals surface area contributed by atoms with Gasteiger partial charge in [-0.3, -0.25) is 19.7 Å². The van der Waals surface area contributed by atoms with Crippen molar-refractivity contribution in [3.8, 4) is 0 Å². The van der Waals surface area contributed by atoms with Crippen LogP contribution >= 0.6 is 0 Å². The summed E-state index contributed by atoms with van der Waals surface area (Å²) in [6.07, 6.45) is 2.49. The van der Waals surface area contributed by atoms with Crippen LogP contribution in [0, 0.1) is 0 Å². The van der Waals surface area contributed by atoms with Gasteiger partial charge in [0, 0.05) is 31.6 Å². The first-order chi connectivity index (χ1) is 14.0. The van der Waals surface area contributed by atoms with E-state index in [0.29, 0.717) is 51.0 Å². The molecule has 3 amide bonds. The topological polar surface area (TPSA) is 90.5 Å². The normalized spacial score (nSPS) is 27.6. The minimum absolute atomic E-state index is 0.187. The smallest absolute Gasteiger partial charge is 0.255 e. The number of hydrogen-bond acceptors (Lipinski definition) is 5. The van der Waals surface area contributed by atoms with E-state index in [1.807, 2.05) is 18.2 Å². The number of alkyl halides is 1. The molecule has 2 atom stereocenters. The highest BCUT2D eigenvalue weighted by atomic mass is 19.1. The molecule has 3 heterocycles. The number of imide groups is 1. The molecule has 3 aliphatic rings. The van der Waals surface area contributed by atoms with Crippen molar-refractivity contribution >= 4 is 17.7 Å². The maximum absolute atomic E-state index is 14.9. The Morgan fingerprint density at radius 1 is 1.21 bits per heavy atom. The molecule has 0 aliphatic carbocycles. The molecule has 29 heavy (non-hydrogen) atoms. The second kappa shape index (κ2) is 8.20. The van der Waals surface area contributed by atoms with Gasteiger partial charge in [-0.25, -0.2) is 4.39 Å². The van der Waals surface area contributed by atoms with Gasteiger partial charge in [0.05, 0.1) is 0 Å². The summed E-state index contributed by atoms with van der Waals surface area (Å²) in [5.41, 5.74) is 1.18. The number of hydrogen-bond donors (Lipinski definition) is 3. The lowest BCUT2D eigenvalue weighted by atomic mass is 9.97. The quantitative estimate of drug-likeness (QED) is 0.640. The van der Waals surface area contributed by atoms with Crippen LogP contribution in [0.3, 0.4) is 0 Å². The highest BCUT2D eigenvalue weighted by Crippen LogP contribution is 2.28. The molecule has 0 aromatic heterocycles. The number of nitrogens with one attached hydrogen (secondary N) is 3. The van der Waals surface area contributed by atoms with Gasteiger partial charge in [-0.05, 0) is 56.0 Å². The fraction of sp³-hybridized carbons (Fsp3) is 0.571. The zero-order chi connectivity index (χ0) is 20.4. The Morgan fingerprint density at radius 3 is 2.90 bits per heavy atom. The summed E-state index contributed by atoms with van der Waals surface area (Å²) in [5, 5.41) is 8.74. The highest BCUT2D eigenvalue weighted by molar-refractivity contribution is 6.05. The summed E-state index contributed by atoms with van der Waals surface area (Å²) in [7, 11) is 0. The van der Waals surface area contributed by atoms with Crippen LogP contribution in [0.5, 0.6) is 0 Å². The van der Waals surface area contributed by atoms with E-state index >= 15 is 0 Å². The first kappa shape index (κ1) is 20.0. The molecule has 8 heteroatoms. The van der Waals surface area contributed by atoms with E-state index in [9.17, 15) is 18.8 Å². The van der Waals surface area contributed by atoms with Crippen LogP contribution in [0.4, 0.5) is 4.39 Å². The number of fused-ring (bicyclic) bond motifs is 1. The van der Waals surface area contributed by atoms with Crippen molar-refractivity contribution in [3.05, 3.63) is 34.9 Å². The predicted octanol–water partition coefficient (Wildman–Crippen LogP) is 1.02. The van der Waals surface area contributed by atoms with Gasteiger partial charge in [-0.2, -0.15) is 0 Å². The van der Waals surface area contributed by atoms with Crippen molar-refractivity contribution in [1.29, 1.82) is 0 Å². The predicted molar refractivity (Wildman–Crippen MR) is 105 cm³/mol. The zero-order valence-electron chi connectivity index (χ0n) is 16.4. The second-order valence-electron chi connectivity index (χ2n) is 8.25. The van der Waals surface area contributed by atoms with E-state index in [1.165, 1.54) is 0 Å². The zero-order valence-corrected chi connectivity index (χ0v) is 16.4. The molecule has 0 saturated carbocycles. The Hall–Kier alpha value is -2.32. The third kappa shape index (κ3) is 4.33. The average Bonchev–Trinajstić information content (AvgIpc) is 2.85.